The Morgan fingerprint density at radius 2 is 1.79 bits per heavy atom. The monoisotopic (exact) mass is 385 g/mol. The number of amides is 1. The quantitative estimate of drug-likeness (QED) is 0.780. The Morgan fingerprint density at radius 3 is 2.42 bits per heavy atom. The number of carbonyl (C=O) groups is 1. The zero-order valence-corrected chi connectivity index (χ0v) is 13.2. The zero-order chi connectivity index (χ0) is 14.0. The van der Waals surface area contributed by atoms with Crippen LogP contribution in [-0.2, 0) is 0 Å². The lowest BCUT2D eigenvalue weighted by atomic mass is 10.2. The molecule has 0 aliphatic rings. The highest BCUT2D eigenvalue weighted by Crippen LogP contribution is 2.21. The fourth-order valence-electron chi connectivity index (χ4n) is 1.56. The van der Waals surface area contributed by atoms with Crippen LogP contribution < -0.4 is 5.32 Å². The van der Waals surface area contributed by atoms with E-state index in [4.69, 9.17) is 0 Å². The van der Waals surface area contributed by atoms with Gasteiger partial charge in [-0.05, 0) is 64.8 Å². The molecule has 0 aromatic heterocycles. The molecule has 0 aliphatic carbocycles. The smallest absolute Gasteiger partial charge is 0.255 e. The van der Waals surface area contributed by atoms with Crippen LogP contribution >= 0.6 is 31.9 Å². The third-order valence-corrected chi connectivity index (χ3v) is 4.13. The summed E-state index contributed by atoms with van der Waals surface area (Å²) < 4.78 is 14.7. The molecule has 0 bridgehead atoms. The van der Waals surface area contributed by atoms with E-state index in [1.165, 1.54) is 12.1 Å². The number of aryl methyl sites for hydroxylation is 1. The number of benzene rings is 2. The van der Waals surface area contributed by atoms with Gasteiger partial charge in [0.25, 0.3) is 5.91 Å². The summed E-state index contributed by atoms with van der Waals surface area (Å²) in [5, 5.41) is 2.73. The Morgan fingerprint density at radius 1 is 1.11 bits per heavy atom. The fourth-order valence-corrected chi connectivity index (χ4v) is 2.06. The highest BCUT2D eigenvalue weighted by molar-refractivity contribution is 9.10. The van der Waals surface area contributed by atoms with Crippen molar-refractivity contribution in [3.05, 3.63) is 62.3 Å². The summed E-state index contributed by atoms with van der Waals surface area (Å²) in [6.07, 6.45) is 0. The van der Waals surface area contributed by atoms with Gasteiger partial charge in [0.05, 0.1) is 4.47 Å². The molecule has 0 heterocycles. The average Bonchev–Trinajstić information content (AvgIpc) is 2.37. The maximum Gasteiger partial charge on any atom is 0.255 e. The standard InChI is InChI=1S/C14H10Br2FNO/c1-8-6-10(3-5-11(8)15)18-14(19)9-2-4-12(16)13(17)7-9/h2-7H,1H3,(H,18,19). The summed E-state index contributed by atoms with van der Waals surface area (Å²) in [7, 11) is 0. The maximum absolute atomic E-state index is 13.4. The van der Waals surface area contributed by atoms with Gasteiger partial charge in [0.15, 0.2) is 0 Å². The molecule has 0 saturated carbocycles. The second kappa shape index (κ2) is 5.84. The topological polar surface area (TPSA) is 29.1 Å². The molecule has 1 N–H and O–H groups in total. The van der Waals surface area contributed by atoms with Crippen molar-refractivity contribution in [2.75, 3.05) is 5.32 Å². The van der Waals surface area contributed by atoms with Crippen LogP contribution in [0.15, 0.2) is 45.3 Å². The summed E-state index contributed by atoms with van der Waals surface area (Å²) >= 11 is 6.44. The number of nitrogens with one attached hydrogen (secondary N) is 1. The van der Waals surface area contributed by atoms with Crippen molar-refractivity contribution in [2.45, 2.75) is 6.92 Å². The van der Waals surface area contributed by atoms with E-state index in [9.17, 15) is 9.18 Å². The fraction of sp³-hybridized carbons (Fsp3) is 0.0714. The molecule has 0 aliphatic heterocycles. The Kier molecular flexibility index (Phi) is 4.37. The van der Waals surface area contributed by atoms with Crippen molar-refractivity contribution in [2.24, 2.45) is 0 Å². The minimum atomic E-state index is -0.459. The van der Waals surface area contributed by atoms with Gasteiger partial charge in [0.2, 0.25) is 0 Å². The van der Waals surface area contributed by atoms with E-state index in [-0.39, 0.29) is 11.5 Å². The van der Waals surface area contributed by atoms with Gasteiger partial charge in [-0.15, -0.1) is 0 Å². The molecule has 1 amide bonds. The highest BCUT2D eigenvalue weighted by atomic mass is 79.9. The lowest BCUT2D eigenvalue weighted by molar-refractivity contribution is 0.102. The molecular formula is C14H10Br2FNO. The van der Waals surface area contributed by atoms with Crippen LogP contribution in [0.3, 0.4) is 0 Å². The third kappa shape index (κ3) is 3.42. The van der Waals surface area contributed by atoms with E-state index in [1.54, 1.807) is 12.1 Å². The number of rotatable bonds is 2. The number of halogens is 3. The lowest BCUT2D eigenvalue weighted by Gasteiger charge is -2.07. The molecule has 0 fully saturated rings. The zero-order valence-electron chi connectivity index (χ0n) is 10.0. The van der Waals surface area contributed by atoms with Crippen LogP contribution in [0.5, 0.6) is 0 Å². The molecule has 0 unspecified atom stereocenters. The van der Waals surface area contributed by atoms with Crippen LogP contribution in [0, 0.1) is 12.7 Å². The first-order valence-corrected chi connectivity index (χ1v) is 7.08. The van der Waals surface area contributed by atoms with Crippen molar-refractivity contribution >= 4 is 43.5 Å². The van der Waals surface area contributed by atoms with Crippen molar-refractivity contribution in [1.82, 2.24) is 0 Å². The number of hydrogen-bond acceptors (Lipinski definition) is 1. The molecule has 5 heteroatoms. The number of anilines is 1. The van der Waals surface area contributed by atoms with E-state index in [0.717, 1.165) is 10.0 Å². The Hall–Kier alpha value is -1.20. The SMILES string of the molecule is Cc1cc(NC(=O)c2ccc(Br)c(F)c2)ccc1Br. The van der Waals surface area contributed by atoms with Crippen molar-refractivity contribution < 1.29 is 9.18 Å². The Balaban J connectivity index is 2.20. The molecule has 98 valence electrons. The van der Waals surface area contributed by atoms with E-state index in [2.05, 4.69) is 37.2 Å². The Labute approximate surface area is 127 Å². The van der Waals surface area contributed by atoms with E-state index in [1.807, 2.05) is 19.1 Å². The lowest BCUT2D eigenvalue weighted by Crippen LogP contribution is -2.12. The predicted molar refractivity (Wildman–Crippen MR) is 80.9 cm³/mol. The minimum Gasteiger partial charge on any atom is -0.322 e. The third-order valence-electron chi connectivity index (χ3n) is 2.60. The predicted octanol–water partition coefficient (Wildman–Crippen LogP) is 4.91. The summed E-state index contributed by atoms with van der Waals surface area (Å²) in [6, 6.07) is 9.75. The second-order valence-corrected chi connectivity index (χ2v) is 5.76. The van der Waals surface area contributed by atoms with Crippen molar-refractivity contribution in [3.63, 3.8) is 0 Å². The van der Waals surface area contributed by atoms with Gasteiger partial charge in [0.1, 0.15) is 5.82 Å². The molecule has 0 radical (unpaired) electrons. The van der Waals surface area contributed by atoms with Gasteiger partial charge >= 0.3 is 0 Å². The molecule has 0 atom stereocenters. The first-order chi connectivity index (χ1) is 8.97. The van der Waals surface area contributed by atoms with Gasteiger partial charge in [-0.2, -0.15) is 0 Å². The number of hydrogen-bond donors (Lipinski definition) is 1. The van der Waals surface area contributed by atoms with E-state index < -0.39 is 5.82 Å². The van der Waals surface area contributed by atoms with Gasteiger partial charge in [-0.1, -0.05) is 15.9 Å². The van der Waals surface area contributed by atoms with Crippen LogP contribution in [0.4, 0.5) is 10.1 Å². The first-order valence-electron chi connectivity index (χ1n) is 5.50. The summed E-state index contributed by atoms with van der Waals surface area (Å²) in [4.78, 5) is 12.0. The van der Waals surface area contributed by atoms with Crippen LogP contribution in [0.2, 0.25) is 0 Å². The second-order valence-electron chi connectivity index (χ2n) is 4.05. The van der Waals surface area contributed by atoms with Gasteiger partial charge in [-0.3, -0.25) is 4.79 Å². The maximum atomic E-state index is 13.4. The molecule has 0 spiro atoms. The highest BCUT2D eigenvalue weighted by Gasteiger charge is 2.09. The molecule has 2 rings (SSSR count). The Bertz CT molecular complexity index is 643. The minimum absolute atomic E-state index is 0.279. The van der Waals surface area contributed by atoms with Gasteiger partial charge in [0, 0.05) is 15.7 Å². The van der Waals surface area contributed by atoms with Crippen molar-refractivity contribution in [3.8, 4) is 0 Å². The van der Waals surface area contributed by atoms with Gasteiger partial charge < -0.3 is 5.32 Å². The molecule has 2 aromatic rings. The summed E-state index contributed by atoms with van der Waals surface area (Å²) in [5.74, 6) is -0.798. The van der Waals surface area contributed by atoms with Crippen LogP contribution in [0.1, 0.15) is 15.9 Å². The average molecular weight is 387 g/mol. The number of carbonyl (C=O) groups excluding carboxylic acids is 1. The molecule has 19 heavy (non-hydrogen) atoms. The van der Waals surface area contributed by atoms with E-state index >= 15 is 0 Å². The molecule has 2 aromatic carbocycles. The van der Waals surface area contributed by atoms with E-state index in [0.29, 0.717) is 10.2 Å². The normalized spacial score (nSPS) is 10.3. The van der Waals surface area contributed by atoms with Crippen molar-refractivity contribution in [1.29, 1.82) is 0 Å². The largest absolute Gasteiger partial charge is 0.322 e. The molecule has 2 nitrogen and oxygen atoms in total. The van der Waals surface area contributed by atoms with Crippen LogP contribution in [-0.4, -0.2) is 5.91 Å². The molecule has 0 saturated heterocycles. The van der Waals surface area contributed by atoms with Crippen LogP contribution in [0.25, 0.3) is 0 Å². The summed E-state index contributed by atoms with van der Waals surface area (Å²) in [5.41, 5.74) is 1.97. The molecular weight excluding hydrogens is 377 g/mol. The summed E-state index contributed by atoms with van der Waals surface area (Å²) in [6.45, 7) is 1.93. The first kappa shape index (κ1) is 14.2. The van der Waals surface area contributed by atoms with Gasteiger partial charge in [-0.25, -0.2) is 4.39 Å².